The Morgan fingerprint density at radius 2 is 2.33 bits per heavy atom. The van der Waals surface area contributed by atoms with Crippen LogP contribution in [0.3, 0.4) is 0 Å². The Hall–Kier alpha value is -2.54. The summed E-state index contributed by atoms with van der Waals surface area (Å²) in [6.45, 7) is 2.22. The molecule has 2 aromatic rings. The molecule has 0 radical (unpaired) electrons. The van der Waals surface area contributed by atoms with Crippen molar-refractivity contribution < 1.29 is 14.3 Å². The molecule has 1 aliphatic heterocycles. The number of carbonyl (C=O) groups excluding carboxylic acids is 1. The Kier molecular flexibility index (Phi) is 5.32. The monoisotopic (exact) mass is 330 g/mol. The second kappa shape index (κ2) is 7.83. The van der Waals surface area contributed by atoms with Crippen LogP contribution in [0.15, 0.2) is 36.7 Å². The Labute approximate surface area is 140 Å². The predicted octanol–water partition coefficient (Wildman–Crippen LogP) is 1.33. The molecule has 1 aliphatic rings. The van der Waals surface area contributed by atoms with Gasteiger partial charge in [0, 0.05) is 25.4 Å². The Morgan fingerprint density at radius 3 is 3.21 bits per heavy atom. The minimum atomic E-state index is -0.201. The highest BCUT2D eigenvalue weighted by Crippen LogP contribution is 2.23. The lowest BCUT2D eigenvalue weighted by Gasteiger charge is -2.26. The van der Waals surface area contributed by atoms with Gasteiger partial charge in [0.15, 0.2) is 0 Å². The Bertz CT molecular complexity index is 686. The zero-order valence-electron chi connectivity index (χ0n) is 13.7. The molecule has 1 atom stereocenters. The lowest BCUT2D eigenvalue weighted by molar-refractivity contribution is 0.183. The van der Waals surface area contributed by atoms with E-state index in [1.807, 2.05) is 30.5 Å². The van der Waals surface area contributed by atoms with Gasteiger partial charge < -0.3 is 20.1 Å². The lowest BCUT2D eigenvalue weighted by Crippen LogP contribution is -2.47. The van der Waals surface area contributed by atoms with E-state index in [4.69, 9.17) is 9.47 Å². The number of hydrogen-bond acceptors (Lipinski definition) is 4. The molecule has 0 fully saturated rings. The summed E-state index contributed by atoms with van der Waals surface area (Å²) in [5, 5.41) is 10.0. The first kappa shape index (κ1) is 16.3. The molecule has 0 aliphatic carbocycles. The van der Waals surface area contributed by atoms with E-state index in [9.17, 15) is 4.79 Å². The molecule has 1 aromatic heterocycles. The SMILES string of the molecule is COCCn1cc(CNC(=O)N[C@H]2COc3ccccc3C2)cn1. The summed E-state index contributed by atoms with van der Waals surface area (Å²) in [6, 6.07) is 7.68. The van der Waals surface area contributed by atoms with Gasteiger partial charge in [-0.05, 0) is 18.1 Å². The van der Waals surface area contributed by atoms with Gasteiger partial charge in [0.05, 0.1) is 25.4 Å². The number of nitrogens with one attached hydrogen (secondary N) is 2. The molecule has 2 N–H and O–H groups in total. The first-order valence-corrected chi connectivity index (χ1v) is 8.00. The average Bonchev–Trinajstić information content (AvgIpc) is 3.06. The minimum Gasteiger partial charge on any atom is -0.491 e. The van der Waals surface area contributed by atoms with Gasteiger partial charge >= 0.3 is 6.03 Å². The van der Waals surface area contributed by atoms with Crippen molar-refractivity contribution >= 4 is 6.03 Å². The quantitative estimate of drug-likeness (QED) is 0.838. The molecule has 0 saturated carbocycles. The number of hydrogen-bond donors (Lipinski definition) is 2. The summed E-state index contributed by atoms with van der Waals surface area (Å²) in [4.78, 5) is 12.1. The number of carbonyl (C=O) groups is 1. The molecule has 0 bridgehead atoms. The number of fused-ring (bicyclic) bond motifs is 1. The minimum absolute atomic E-state index is 0.0238. The first-order chi connectivity index (χ1) is 11.7. The van der Waals surface area contributed by atoms with Crippen molar-refractivity contribution in [1.82, 2.24) is 20.4 Å². The topological polar surface area (TPSA) is 77.4 Å². The lowest BCUT2D eigenvalue weighted by atomic mass is 10.0. The number of para-hydroxylation sites is 1. The maximum atomic E-state index is 12.1. The molecule has 128 valence electrons. The van der Waals surface area contributed by atoms with E-state index in [2.05, 4.69) is 15.7 Å². The van der Waals surface area contributed by atoms with Crippen molar-refractivity contribution in [3.8, 4) is 5.75 Å². The highest BCUT2D eigenvalue weighted by atomic mass is 16.5. The van der Waals surface area contributed by atoms with Crippen molar-refractivity contribution in [1.29, 1.82) is 0 Å². The van der Waals surface area contributed by atoms with Gasteiger partial charge in [0.1, 0.15) is 12.4 Å². The van der Waals surface area contributed by atoms with Gasteiger partial charge in [-0.3, -0.25) is 4.68 Å². The van der Waals surface area contributed by atoms with E-state index in [1.165, 1.54) is 0 Å². The van der Waals surface area contributed by atoms with Crippen LogP contribution in [0.2, 0.25) is 0 Å². The van der Waals surface area contributed by atoms with Crippen molar-refractivity contribution in [3.05, 3.63) is 47.8 Å². The molecule has 0 spiro atoms. The molecular formula is C17H22N4O3. The predicted molar refractivity (Wildman–Crippen MR) is 88.9 cm³/mol. The van der Waals surface area contributed by atoms with Gasteiger partial charge in [0.25, 0.3) is 0 Å². The fourth-order valence-electron chi connectivity index (χ4n) is 2.64. The third-order valence-electron chi connectivity index (χ3n) is 3.88. The molecular weight excluding hydrogens is 308 g/mol. The number of benzene rings is 1. The summed E-state index contributed by atoms with van der Waals surface area (Å²) in [7, 11) is 1.66. The van der Waals surface area contributed by atoms with Gasteiger partial charge in [0.2, 0.25) is 0 Å². The van der Waals surface area contributed by atoms with E-state index in [-0.39, 0.29) is 12.1 Å². The normalized spacial score (nSPS) is 16.1. The molecule has 2 amide bonds. The Balaban J connectivity index is 1.44. The van der Waals surface area contributed by atoms with Crippen LogP contribution in [0.4, 0.5) is 4.79 Å². The highest BCUT2D eigenvalue weighted by Gasteiger charge is 2.20. The molecule has 7 heteroatoms. The number of nitrogens with zero attached hydrogens (tertiary/aromatic N) is 2. The van der Waals surface area contributed by atoms with Gasteiger partial charge in [-0.1, -0.05) is 18.2 Å². The Morgan fingerprint density at radius 1 is 1.46 bits per heavy atom. The molecule has 0 unspecified atom stereocenters. The summed E-state index contributed by atoms with van der Waals surface area (Å²) in [6.07, 6.45) is 4.42. The van der Waals surface area contributed by atoms with Crippen LogP contribution in [0.25, 0.3) is 0 Å². The maximum absolute atomic E-state index is 12.1. The highest BCUT2D eigenvalue weighted by molar-refractivity contribution is 5.74. The van der Waals surface area contributed by atoms with Crippen molar-refractivity contribution in [2.75, 3.05) is 20.3 Å². The number of rotatable bonds is 6. The van der Waals surface area contributed by atoms with E-state index >= 15 is 0 Å². The number of urea groups is 1. The number of aromatic nitrogens is 2. The van der Waals surface area contributed by atoms with Crippen LogP contribution in [0.1, 0.15) is 11.1 Å². The third-order valence-corrected chi connectivity index (χ3v) is 3.88. The number of ether oxygens (including phenoxy) is 2. The third kappa shape index (κ3) is 4.26. The average molecular weight is 330 g/mol. The van der Waals surface area contributed by atoms with Gasteiger partial charge in [-0.2, -0.15) is 5.10 Å². The molecule has 2 heterocycles. The van der Waals surface area contributed by atoms with Gasteiger partial charge in [-0.15, -0.1) is 0 Å². The van der Waals surface area contributed by atoms with E-state index < -0.39 is 0 Å². The second-order valence-corrected chi connectivity index (χ2v) is 5.75. The number of methoxy groups -OCH3 is 1. The van der Waals surface area contributed by atoms with E-state index in [1.54, 1.807) is 18.0 Å². The zero-order valence-corrected chi connectivity index (χ0v) is 13.7. The van der Waals surface area contributed by atoms with Crippen LogP contribution < -0.4 is 15.4 Å². The first-order valence-electron chi connectivity index (χ1n) is 8.00. The molecule has 24 heavy (non-hydrogen) atoms. The molecule has 0 saturated heterocycles. The fraction of sp³-hybridized carbons (Fsp3) is 0.412. The second-order valence-electron chi connectivity index (χ2n) is 5.75. The van der Waals surface area contributed by atoms with Crippen LogP contribution in [-0.2, 0) is 24.2 Å². The van der Waals surface area contributed by atoms with Crippen molar-refractivity contribution in [2.45, 2.75) is 25.6 Å². The summed E-state index contributed by atoms with van der Waals surface area (Å²) in [5.74, 6) is 0.902. The summed E-state index contributed by atoms with van der Waals surface area (Å²) >= 11 is 0. The van der Waals surface area contributed by atoms with Crippen LogP contribution in [0.5, 0.6) is 5.75 Å². The fourth-order valence-corrected chi connectivity index (χ4v) is 2.64. The number of amides is 2. The standard InChI is InChI=1S/C17H22N4O3/c1-23-7-6-21-11-13(10-19-21)9-18-17(22)20-15-8-14-4-2-3-5-16(14)24-12-15/h2-5,10-11,15H,6-9,12H2,1H3,(H2,18,20,22)/t15-/m1/s1. The van der Waals surface area contributed by atoms with E-state index in [0.717, 1.165) is 23.3 Å². The van der Waals surface area contributed by atoms with Crippen molar-refractivity contribution in [3.63, 3.8) is 0 Å². The maximum Gasteiger partial charge on any atom is 0.315 e. The largest absolute Gasteiger partial charge is 0.491 e. The van der Waals surface area contributed by atoms with Gasteiger partial charge in [-0.25, -0.2) is 4.79 Å². The summed E-state index contributed by atoms with van der Waals surface area (Å²) < 4.78 is 12.5. The molecule has 1 aromatic carbocycles. The molecule has 3 rings (SSSR count). The van der Waals surface area contributed by atoms with Crippen LogP contribution in [-0.4, -0.2) is 42.2 Å². The molecule has 7 nitrogen and oxygen atoms in total. The summed E-state index contributed by atoms with van der Waals surface area (Å²) in [5.41, 5.74) is 2.07. The van der Waals surface area contributed by atoms with Crippen LogP contribution in [0, 0.1) is 0 Å². The van der Waals surface area contributed by atoms with E-state index in [0.29, 0.717) is 26.3 Å². The zero-order chi connectivity index (χ0) is 16.8. The van der Waals surface area contributed by atoms with Crippen LogP contribution >= 0.6 is 0 Å². The van der Waals surface area contributed by atoms with Crippen molar-refractivity contribution in [2.24, 2.45) is 0 Å². The smallest absolute Gasteiger partial charge is 0.315 e.